The Kier molecular flexibility index (Phi) is 4.77. The summed E-state index contributed by atoms with van der Waals surface area (Å²) in [6.45, 7) is 1.26. The molecule has 124 valence electrons. The lowest BCUT2D eigenvalue weighted by atomic mass is 10.1. The minimum Gasteiger partial charge on any atom is -0.380 e. The van der Waals surface area contributed by atoms with Gasteiger partial charge in [-0.2, -0.15) is 0 Å². The summed E-state index contributed by atoms with van der Waals surface area (Å²) in [7, 11) is 1.66. The first-order valence-electron chi connectivity index (χ1n) is 7.68. The average Bonchev–Trinajstić information content (AvgIpc) is 2.60. The van der Waals surface area contributed by atoms with Crippen molar-refractivity contribution in [1.82, 2.24) is 5.32 Å². The second kappa shape index (κ2) is 7.14. The van der Waals surface area contributed by atoms with Crippen LogP contribution >= 0.6 is 0 Å². The first-order valence-corrected chi connectivity index (χ1v) is 7.68. The molecule has 6 heteroatoms. The van der Waals surface area contributed by atoms with E-state index < -0.39 is 0 Å². The van der Waals surface area contributed by atoms with Gasteiger partial charge in [-0.15, -0.1) is 0 Å². The van der Waals surface area contributed by atoms with Crippen molar-refractivity contribution in [3.8, 4) is 0 Å². The molecule has 0 saturated carbocycles. The quantitative estimate of drug-likeness (QED) is 0.787. The van der Waals surface area contributed by atoms with E-state index in [0.29, 0.717) is 24.4 Å². The second-order valence-electron chi connectivity index (χ2n) is 5.59. The van der Waals surface area contributed by atoms with Crippen molar-refractivity contribution >= 4 is 23.2 Å². The fraction of sp³-hybridized carbons (Fsp3) is 0.222. The van der Waals surface area contributed by atoms with Gasteiger partial charge < -0.3 is 20.7 Å². The molecule has 24 heavy (non-hydrogen) atoms. The molecule has 3 N–H and O–H groups in total. The molecule has 2 amide bonds. The third-order valence-corrected chi connectivity index (χ3v) is 3.78. The van der Waals surface area contributed by atoms with E-state index in [2.05, 4.69) is 16.0 Å². The number of hydrogen-bond donors (Lipinski definition) is 3. The van der Waals surface area contributed by atoms with Crippen molar-refractivity contribution in [2.45, 2.75) is 13.2 Å². The summed E-state index contributed by atoms with van der Waals surface area (Å²) < 4.78 is 5.07. The Morgan fingerprint density at radius 2 is 1.88 bits per heavy atom. The van der Waals surface area contributed by atoms with Gasteiger partial charge in [0.25, 0.3) is 5.91 Å². The van der Waals surface area contributed by atoms with Gasteiger partial charge in [0.2, 0.25) is 5.91 Å². The minimum atomic E-state index is -0.182. The zero-order chi connectivity index (χ0) is 16.9. The number of amides is 2. The van der Waals surface area contributed by atoms with Crippen molar-refractivity contribution in [3.63, 3.8) is 0 Å². The van der Waals surface area contributed by atoms with Crippen LogP contribution in [-0.4, -0.2) is 25.5 Å². The van der Waals surface area contributed by atoms with E-state index in [9.17, 15) is 9.59 Å². The second-order valence-corrected chi connectivity index (χ2v) is 5.59. The Hall–Kier alpha value is -2.86. The van der Waals surface area contributed by atoms with Crippen LogP contribution in [0.15, 0.2) is 42.5 Å². The molecule has 0 saturated heterocycles. The minimum absolute atomic E-state index is 0.115. The average molecular weight is 325 g/mol. The number of hydrogen-bond acceptors (Lipinski definition) is 4. The van der Waals surface area contributed by atoms with Crippen LogP contribution in [0.5, 0.6) is 0 Å². The van der Waals surface area contributed by atoms with Gasteiger partial charge in [0.05, 0.1) is 24.5 Å². The standard InChI is InChI=1S/C18H19N3O3/c1-24-11-13-4-2-12(3-5-13)9-20-18(23)14-6-7-15-16(8-14)21-17(22)10-19-15/h2-8,19H,9-11H2,1H3,(H,20,23)(H,21,22). The molecule has 2 aromatic carbocycles. The molecule has 1 aliphatic rings. The number of fused-ring (bicyclic) bond motifs is 1. The van der Waals surface area contributed by atoms with Gasteiger partial charge in [-0.05, 0) is 29.3 Å². The van der Waals surface area contributed by atoms with Gasteiger partial charge in [0.1, 0.15) is 0 Å². The van der Waals surface area contributed by atoms with Crippen LogP contribution in [0.2, 0.25) is 0 Å². The Balaban J connectivity index is 1.62. The lowest BCUT2D eigenvalue weighted by Gasteiger charge is -2.19. The maximum atomic E-state index is 12.3. The maximum absolute atomic E-state index is 12.3. The SMILES string of the molecule is COCc1ccc(CNC(=O)c2ccc3c(c2)NC(=O)CN3)cc1. The van der Waals surface area contributed by atoms with Gasteiger partial charge in [-0.25, -0.2) is 0 Å². The van der Waals surface area contributed by atoms with E-state index in [0.717, 1.165) is 16.8 Å². The molecular weight excluding hydrogens is 306 g/mol. The van der Waals surface area contributed by atoms with Crippen molar-refractivity contribution in [3.05, 3.63) is 59.2 Å². The fourth-order valence-corrected chi connectivity index (χ4v) is 2.52. The Morgan fingerprint density at radius 1 is 1.12 bits per heavy atom. The van der Waals surface area contributed by atoms with Gasteiger partial charge in [-0.3, -0.25) is 9.59 Å². The molecule has 2 aromatic rings. The monoisotopic (exact) mass is 325 g/mol. The van der Waals surface area contributed by atoms with E-state index in [-0.39, 0.29) is 18.4 Å². The highest BCUT2D eigenvalue weighted by atomic mass is 16.5. The first kappa shape index (κ1) is 16.0. The third-order valence-electron chi connectivity index (χ3n) is 3.78. The van der Waals surface area contributed by atoms with Crippen molar-refractivity contribution in [2.24, 2.45) is 0 Å². The van der Waals surface area contributed by atoms with Crippen molar-refractivity contribution in [2.75, 3.05) is 24.3 Å². The molecule has 0 radical (unpaired) electrons. The molecule has 1 heterocycles. The number of ether oxygens (including phenoxy) is 1. The van der Waals surface area contributed by atoms with Gasteiger partial charge in [0.15, 0.2) is 0 Å². The number of methoxy groups -OCH3 is 1. The van der Waals surface area contributed by atoms with Crippen LogP contribution in [0.4, 0.5) is 11.4 Å². The predicted octanol–water partition coefficient (Wildman–Crippen LogP) is 2.13. The van der Waals surface area contributed by atoms with E-state index in [1.165, 1.54) is 0 Å². The molecule has 1 aliphatic heterocycles. The van der Waals surface area contributed by atoms with Gasteiger partial charge in [-0.1, -0.05) is 24.3 Å². The zero-order valence-corrected chi connectivity index (χ0v) is 13.4. The number of nitrogens with one attached hydrogen (secondary N) is 3. The highest BCUT2D eigenvalue weighted by Crippen LogP contribution is 2.25. The van der Waals surface area contributed by atoms with Crippen LogP contribution in [-0.2, 0) is 22.7 Å². The van der Waals surface area contributed by atoms with E-state index in [1.54, 1.807) is 25.3 Å². The Bertz CT molecular complexity index is 757. The molecule has 6 nitrogen and oxygen atoms in total. The topological polar surface area (TPSA) is 79.5 Å². The highest BCUT2D eigenvalue weighted by Gasteiger charge is 2.16. The zero-order valence-electron chi connectivity index (χ0n) is 13.4. The third kappa shape index (κ3) is 3.72. The smallest absolute Gasteiger partial charge is 0.251 e. The summed E-state index contributed by atoms with van der Waals surface area (Å²) in [5.74, 6) is -0.296. The molecule has 3 rings (SSSR count). The van der Waals surface area contributed by atoms with Crippen LogP contribution in [0, 0.1) is 0 Å². The van der Waals surface area contributed by atoms with Gasteiger partial charge >= 0.3 is 0 Å². The number of anilines is 2. The molecule has 0 bridgehead atoms. The Morgan fingerprint density at radius 3 is 2.62 bits per heavy atom. The van der Waals surface area contributed by atoms with E-state index >= 15 is 0 Å². The van der Waals surface area contributed by atoms with Crippen molar-refractivity contribution < 1.29 is 14.3 Å². The number of carbonyl (C=O) groups is 2. The molecule has 0 aliphatic carbocycles. The van der Waals surface area contributed by atoms with Crippen LogP contribution in [0.25, 0.3) is 0 Å². The van der Waals surface area contributed by atoms with Crippen molar-refractivity contribution in [1.29, 1.82) is 0 Å². The summed E-state index contributed by atoms with van der Waals surface area (Å²) in [4.78, 5) is 23.7. The maximum Gasteiger partial charge on any atom is 0.251 e. The lowest BCUT2D eigenvalue weighted by Crippen LogP contribution is -2.28. The highest BCUT2D eigenvalue weighted by molar-refractivity contribution is 6.03. The summed E-state index contributed by atoms with van der Waals surface area (Å²) in [5.41, 5.74) is 4.05. The molecular formula is C18H19N3O3. The first-order chi connectivity index (χ1) is 11.7. The number of benzene rings is 2. The summed E-state index contributed by atoms with van der Waals surface area (Å²) in [6.07, 6.45) is 0. The largest absolute Gasteiger partial charge is 0.380 e. The van der Waals surface area contributed by atoms with E-state index in [1.807, 2.05) is 24.3 Å². The lowest BCUT2D eigenvalue weighted by molar-refractivity contribution is -0.114. The number of carbonyl (C=O) groups excluding carboxylic acids is 2. The number of rotatable bonds is 5. The summed E-state index contributed by atoms with van der Waals surface area (Å²) >= 11 is 0. The normalized spacial score (nSPS) is 12.8. The Labute approximate surface area is 140 Å². The predicted molar refractivity (Wildman–Crippen MR) is 91.9 cm³/mol. The molecule has 0 spiro atoms. The summed E-state index contributed by atoms with van der Waals surface area (Å²) in [6, 6.07) is 13.1. The molecule has 0 atom stereocenters. The van der Waals surface area contributed by atoms with Gasteiger partial charge in [0, 0.05) is 19.2 Å². The van der Waals surface area contributed by atoms with E-state index in [4.69, 9.17) is 4.74 Å². The summed E-state index contributed by atoms with van der Waals surface area (Å²) in [5, 5.41) is 8.63. The fourth-order valence-electron chi connectivity index (χ4n) is 2.52. The molecule has 0 unspecified atom stereocenters. The molecule has 0 aromatic heterocycles. The van der Waals surface area contributed by atoms with Crippen LogP contribution < -0.4 is 16.0 Å². The molecule has 0 fully saturated rings. The van der Waals surface area contributed by atoms with Crippen LogP contribution in [0.3, 0.4) is 0 Å². The van der Waals surface area contributed by atoms with Crippen LogP contribution in [0.1, 0.15) is 21.5 Å².